The molecule has 2 rings (SSSR count). The molecule has 0 amide bonds. The van der Waals surface area contributed by atoms with Gasteiger partial charge in [0.25, 0.3) is 0 Å². The summed E-state index contributed by atoms with van der Waals surface area (Å²) in [5.74, 6) is 3.22. The van der Waals surface area contributed by atoms with E-state index in [-0.39, 0.29) is 0 Å². The van der Waals surface area contributed by atoms with E-state index in [4.69, 9.17) is 0 Å². The molecule has 0 heterocycles. The van der Waals surface area contributed by atoms with Crippen LogP contribution in [0, 0.1) is 23.2 Å². The van der Waals surface area contributed by atoms with Crippen LogP contribution in [-0.2, 0) is 0 Å². The fourth-order valence-corrected chi connectivity index (χ4v) is 4.03. The molecule has 0 aromatic carbocycles. The van der Waals surface area contributed by atoms with Crippen LogP contribution in [0.1, 0.15) is 65.7 Å². The molecular formula is C16H31N. The summed E-state index contributed by atoms with van der Waals surface area (Å²) in [7, 11) is 2.17. The van der Waals surface area contributed by atoms with Crippen molar-refractivity contribution >= 4 is 0 Å². The number of fused-ring (bicyclic) bond motifs is 1. The number of hydrogen-bond donors (Lipinski definition) is 1. The van der Waals surface area contributed by atoms with Gasteiger partial charge in [0.05, 0.1) is 0 Å². The lowest BCUT2D eigenvalue weighted by Crippen LogP contribution is -2.29. The highest BCUT2D eigenvalue weighted by molar-refractivity contribution is 5.04. The van der Waals surface area contributed by atoms with E-state index in [2.05, 4.69) is 33.1 Å². The van der Waals surface area contributed by atoms with Crippen LogP contribution in [0.3, 0.4) is 0 Å². The predicted octanol–water partition coefficient (Wildman–Crippen LogP) is 4.23. The van der Waals surface area contributed by atoms with Crippen molar-refractivity contribution in [2.24, 2.45) is 23.2 Å². The Morgan fingerprint density at radius 3 is 2.18 bits per heavy atom. The Balaban J connectivity index is 1.74. The second-order valence-corrected chi connectivity index (χ2v) is 7.54. The van der Waals surface area contributed by atoms with Gasteiger partial charge in [-0.05, 0) is 55.9 Å². The van der Waals surface area contributed by atoms with Crippen LogP contribution in [0.4, 0.5) is 0 Å². The maximum Gasteiger partial charge on any atom is 0.00978 e. The van der Waals surface area contributed by atoms with Crippen molar-refractivity contribution in [3.63, 3.8) is 0 Å². The molecular weight excluding hydrogens is 206 g/mol. The van der Waals surface area contributed by atoms with Gasteiger partial charge in [0.15, 0.2) is 0 Å². The van der Waals surface area contributed by atoms with Crippen LogP contribution in [-0.4, -0.2) is 13.1 Å². The molecule has 0 aromatic rings. The lowest BCUT2D eigenvalue weighted by atomic mass is 9.88. The first-order chi connectivity index (χ1) is 8.03. The summed E-state index contributed by atoms with van der Waals surface area (Å²) in [6.45, 7) is 7.08. The largest absolute Gasteiger partial charge is 0.317 e. The summed E-state index contributed by atoms with van der Waals surface area (Å²) in [6, 6.07) is 0.811. The van der Waals surface area contributed by atoms with Crippen molar-refractivity contribution in [3.8, 4) is 0 Å². The molecule has 3 atom stereocenters. The Bertz CT molecular complexity index is 228. The lowest BCUT2D eigenvalue weighted by Gasteiger charge is -2.21. The van der Waals surface area contributed by atoms with Crippen LogP contribution in [0.15, 0.2) is 0 Å². The Kier molecular flexibility index (Phi) is 4.18. The summed E-state index contributed by atoms with van der Waals surface area (Å²) < 4.78 is 0. The Morgan fingerprint density at radius 1 is 1.12 bits per heavy atom. The molecule has 0 saturated heterocycles. The van der Waals surface area contributed by atoms with Crippen LogP contribution in [0.25, 0.3) is 0 Å². The Morgan fingerprint density at radius 2 is 1.71 bits per heavy atom. The van der Waals surface area contributed by atoms with E-state index < -0.39 is 0 Å². The van der Waals surface area contributed by atoms with Gasteiger partial charge < -0.3 is 5.32 Å². The fraction of sp³-hybridized carbons (Fsp3) is 1.00. The molecule has 0 aromatic heterocycles. The van der Waals surface area contributed by atoms with Crippen LogP contribution < -0.4 is 5.32 Å². The predicted molar refractivity (Wildman–Crippen MR) is 75.1 cm³/mol. The first kappa shape index (κ1) is 13.4. The highest BCUT2D eigenvalue weighted by Gasteiger charge is 2.53. The molecule has 0 spiro atoms. The quantitative estimate of drug-likeness (QED) is 0.754. The zero-order valence-electron chi connectivity index (χ0n) is 12.3. The van der Waals surface area contributed by atoms with E-state index in [0.717, 1.165) is 23.8 Å². The third-order valence-corrected chi connectivity index (χ3v) is 5.00. The monoisotopic (exact) mass is 237 g/mol. The highest BCUT2D eigenvalue weighted by Crippen LogP contribution is 2.57. The van der Waals surface area contributed by atoms with Crippen molar-refractivity contribution in [2.75, 3.05) is 7.05 Å². The van der Waals surface area contributed by atoms with Gasteiger partial charge in [-0.3, -0.25) is 0 Å². The smallest absolute Gasteiger partial charge is 0.00978 e. The minimum atomic E-state index is 0.509. The number of rotatable bonds is 5. The standard InChI is InChI=1S/C16H31N/c1-16(2,3)11-7-10-14(17-4)15-12-8-5-6-9-13(12)15/h12-15,17H,5-11H2,1-4H3. The minimum Gasteiger partial charge on any atom is -0.317 e. The second kappa shape index (κ2) is 5.30. The minimum absolute atomic E-state index is 0.509. The summed E-state index contributed by atoms with van der Waals surface area (Å²) in [6.07, 6.45) is 10.2. The summed E-state index contributed by atoms with van der Waals surface area (Å²) in [4.78, 5) is 0. The highest BCUT2D eigenvalue weighted by atomic mass is 14.9. The molecule has 2 aliphatic rings. The van der Waals surface area contributed by atoms with Crippen LogP contribution in [0.5, 0.6) is 0 Å². The van der Waals surface area contributed by atoms with Gasteiger partial charge in [-0.25, -0.2) is 0 Å². The molecule has 1 nitrogen and oxygen atoms in total. The number of hydrogen-bond acceptors (Lipinski definition) is 1. The van der Waals surface area contributed by atoms with Crippen LogP contribution >= 0.6 is 0 Å². The fourth-order valence-electron chi connectivity index (χ4n) is 4.03. The second-order valence-electron chi connectivity index (χ2n) is 7.54. The molecule has 2 aliphatic carbocycles. The molecule has 100 valence electrons. The van der Waals surface area contributed by atoms with Gasteiger partial charge >= 0.3 is 0 Å². The van der Waals surface area contributed by atoms with Crippen molar-refractivity contribution in [1.82, 2.24) is 5.32 Å². The molecule has 0 radical (unpaired) electrons. The molecule has 1 heteroatoms. The van der Waals surface area contributed by atoms with E-state index in [1.54, 1.807) is 0 Å². The van der Waals surface area contributed by atoms with Gasteiger partial charge in [-0.2, -0.15) is 0 Å². The lowest BCUT2D eigenvalue weighted by molar-refractivity contribution is 0.332. The van der Waals surface area contributed by atoms with Crippen LogP contribution in [0.2, 0.25) is 0 Å². The Hall–Kier alpha value is -0.0400. The Labute approximate surface area is 108 Å². The normalized spacial score (nSPS) is 34.2. The van der Waals surface area contributed by atoms with E-state index >= 15 is 0 Å². The zero-order valence-corrected chi connectivity index (χ0v) is 12.3. The third kappa shape index (κ3) is 3.47. The van der Waals surface area contributed by atoms with E-state index in [0.29, 0.717) is 5.41 Å². The summed E-state index contributed by atoms with van der Waals surface area (Å²) >= 11 is 0. The van der Waals surface area contributed by atoms with Crippen molar-refractivity contribution < 1.29 is 0 Å². The maximum atomic E-state index is 3.61. The van der Waals surface area contributed by atoms with Gasteiger partial charge in [0.1, 0.15) is 0 Å². The third-order valence-electron chi connectivity index (χ3n) is 5.00. The molecule has 1 N–H and O–H groups in total. The van der Waals surface area contributed by atoms with E-state index in [1.165, 1.54) is 44.9 Å². The summed E-state index contributed by atoms with van der Waals surface area (Å²) in [5.41, 5.74) is 0.509. The maximum absolute atomic E-state index is 3.61. The summed E-state index contributed by atoms with van der Waals surface area (Å²) in [5, 5.41) is 3.61. The molecule has 2 fully saturated rings. The van der Waals surface area contributed by atoms with Crippen molar-refractivity contribution in [1.29, 1.82) is 0 Å². The first-order valence-corrected chi connectivity index (χ1v) is 7.70. The van der Waals surface area contributed by atoms with Crippen molar-refractivity contribution in [3.05, 3.63) is 0 Å². The molecule has 2 saturated carbocycles. The molecule has 0 aliphatic heterocycles. The molecule has 3 unspecified atom stereocenters. The topological polar surface area (TPSA) is 12.0 Å². The van der Waals surface area contributed by atoms with Gasteiger partial charge in [-0.1, -0.05) is 40.0 Å². The average molecular weight is 237 g/mol. The zero-order chi connectivity index (χ0) is 12.5. The van der Waals surface area contributed by atoms with Gasteiger partial charge in [0, 0.05) is 6.04 Å². The van der Waals surface area contributed by atoms with Gasteiger partial charge in [0.2, 0.25) is 0 Å². The van der Waals surface area contributed by atoms with Crippen molar-refractivity contribution in [2.45, 2.75) is 71.8 Å². The number of nitrogens with one attached hydrogen (secondary N) is 1. The molecule has 0 bridgehead atoms. The molecule has 17 heavy (non-hydrogen) atoms. The van der Waals surface area contributed by atoms with E-state index in [1.807, 2.05) is 0 Å². The van der Waals surface area contributed by atoms with E-state index in [9.17, 15) is 0 Å². The first-order valence-electron chi connectivity index (χ1n) is 7.70. The SMILES string of the molecule is CNC(CCCC(C)(C)C)C1C2CCCCC21. The van der Waals surface area contributed by atoms with Gasteiger partial charge in [-0.15, -0.1) is 0 Å². The average Bonchev–Trinajstić information content (AvgIpc) is 2.97.